The van der Waals surface area contributed by atoms with Crippen molar-refractivity contribution in [2.75, 3.05) is 12.4 Å². The van der Waals surface area contributed by atoms with Crippen molar-refractivity contribution in [3.05, 3.63) is 40.0 Å². The van der Waals surface area contributed by atoms with Crippen LogP contribution in [0, 0.1) is 6.92 Å². The van der Waals surface area contributed by atoms with Gasteiger partial charge >= 0.3 is 12.1 Å². The molecular formula is C13H10ClF3N2O2S. The molecule has 0 bridgehead atoms. The number of nitrogens with one attached hydrogen (secondary N) is 1. The second-order valence-electron chi connectivity index (χ2n) is 4.25. The van der Waals surface area contributed by atoms with E-state index >= 15 is 0 Å². The fourth-order valence-corrected chi connectivity index (χ4v) is 2.85. The van der Waals surface area contributed by atoms with Crippen molar-refractivity contribution in [2.24, 2.45) is 0 Å². The van der Waals surface area contributed by atoms with E-state index in [1.807, 2.05) is 0 Å². The van der Waals surface area contributed by atoms with E-state index in [-0.39, 0.29) is 16.3 Å². The average Bonchev–Trinajstić information content (AvgIpc) is 2.80. The van der Waals surface area contributed by atoms with Crippen LogP contribution in [0.15, 0.2) is 18.2 Å². The second-order valence-corrected chi connectivity index (χ2v) is 5.40. The zero-order valence-corrected chi connectivity index (χ0v) is 13.0. The first-order chi connectivity index (χ1) is 10.3. The number of carbonyl (C=O) groups excluding carboxylic acids is 1. The molecule has 0 saturated carbocycles. The minimum absolute atomic E-state index is 0.0327. The summed E-state index contributed by atoms with van der Waals surface area (Å²) in [5, 5.41) is 2.51. The topological polar surface area (TPSA) is 51.2 Å². The minimum atomic E-state index is -4.57. The predicted molar refractivity (Wildman–Crippen MR) is 77.9 cm³/mol. The van der Waals surface area contributed by atoms with Crippen molar-refractivity contribution in [1.29, 1.82) is 0 Å². The van der Waals surface area contributed by atoms with Gasteiger partial charge in [-0.25, -0.2) is 4.79 Å². The highest BCUT2D eigenvalue weighted by molar-refractivity contribution is 7.10. The van der Waals surface area contributed by atoms with Crippen LogP contribution in [0.5, 0.6) is 0 Å². The molecule has 1 N–H and O–H groups in total. The van der Waals surface area contributed by atoms with Crippen molar-refractivity contribution in [2.45, 2.75) is 13.1 Å². The molecule has 1 aromatic heterocycles. The van der Waals surface area contributed by atoms with Crippen molar-refractivity contribution in [3.8, 4) is 0 Å². The Morgan fingerprint density at radius 1 is 1.41 bits per heavy atom. The summed E-state index contributed by atoms with van der Waals surface area (Å²) >= 11 is 6.74. The zero-order valence-electron chi connectivity index (χ0n) is 11.4. The fraction of sp³-hybridized carbons (Fsp3) is 0.231. The lowest BCUT2D eigenvalue weighted by atomic mass is 10.2. The summed E-state index contributed by atoms with van der Waals surface area (Å²) in [5.74, 6) is -0.628. The molecule has 0 aliphatic carbocycles. The summed E-state index contributed by atoms with van der Waals surface area (Å²) in [4.78, 5) is 11.7. The number of nitrogens with zero attached hydrogens (tertiary/aromatic N) is 1. The highest BCUT2D eigenvalue weighted by Gasteiger charge is 2.34. The monoisotopic (exact) mass is 350 g/mol. The van der Waals surface area contributed by atoms with Gasteiger partial charge in [0.25, 0.3) is 0 Å². The molecule has 2 aromatic rings. The molecule has 1 heterocycles. The van der Waals surface area contributed by atoms with Crippen LogP contribution >= 0.6 is 23.1 Å². The van der Waals surface area contributed by atoms with E-state index in [0.717, 1.165) is 17.6 Å². The number of aromatic nitrogens is 1. The van der Waals surface area contributed by atoms with Crippen molar-refractivity contribution in [1.82, 2.24) is 4.37 Å². The summed E-state index contributed by atoms with van der Waals surface area (Å²) in [5.41, 5.74) is -0.339. The lowest BCUT2D eigenvalue weighted by molar-refractivity contribution is -0.137. The lowest BCUT2D eigenvalue weighted by Gasteiger charge is -2.13. The number of methoxy groups -OCH3 is 1. The molecule has 2 rings (SSSR count). The van der Waals surface area contributed by atoms with Crippen LogP contribution < -0.4 is 5.32 Å². The van der Waals surface area contributed by atoms with Gasteiger partial charge in [-0.3, -0.25) is 0 Å². The maximum Gasteiger partial charge on any atom is 0.417 e. The normalized spacial score (nSPS) is 11.4. The largest absolute Gasteiger partial charge is 0.465 e. The van der Waals surface area contributed by atoms with Gasteiger partial charge in [0.2, 0.25) is 0 Å². The van der Waals surface area contributed by atoms with E-state index in [9.17, 15) is 18.0 Å². The molecular weight excluding hydrogens is 341 g/mol. The third kappa shape index (κ3) is 3.17. The number of esters is 1. The van der Waals surface area contributed by atoms with Gasteiger partial charge < -0.3 is 10.1 Å². The molecule has 0 saturated heterocycles. The molecule has 1 aromatic carbocycles. The van der Waals surface area contributed by atoms with Crippen LogP contribution in [-0.4, -0.2) is 17.5 Å². The Morgan fingerprint density at radius 3 is 2.68 bits per heavy atom. The molecule has 22 heavy (non-hydrogen) atoms. The molecule has 0 aliphatic rings. The molecule has 9 heteroatoms. The third-order valence-corrected chi connectivity index (χ3v) is 4.07. The summed E-state index contributed by atoms with van der Waals surface area (Å²) in [6, 6.07) is 3.49. The van der Waals surface area contributed by atoms with Gasteiger partial charge in [0.1, 0.15) is 10.6 Å². The Kier molecular flexibility index (Phi) is 4.62. The summed E-state index contributed by atoms with van der Waals surface area (Å²) in [6.07, 6.45) is -4.57. The van der Waals surface area contributed by atoms with Crippen LogP contribution in [0.3, 0.4) is 0 Å². The van der Waals surface area contributed by atoms with Crippen molar-refractivity contribution in [3.63, 3.8) is 0 Å². The highest BCUT2D eigenvalue weighted by Crippen LogP contribution is 2.40. The molecule has 118 valence electrons. The van der Waals surface area contributed by atoms with E-state index in [2.05, 4.69) is 14.4 Å². The summed E-state index contributed by atoms with van der Waals surface area (Å²) in [7, 11) is 1.21. The van der Waals surface area contributed by atoms with Gasteiger partial charge in [-0.1, -0.05) is 17.7 Å². The summed E-state index contributed by atoms with van der Waals surface area (Å²) < 4.78 is 47.1. The van der Waals surface area contributed by atoms with Crippen LogP contribution in [0.1, 0.15) is 21.6 Å². The zero-order chi connectivity index (χ0) is 16.5. The standard InChI is InChI=1S/C13H10ClF3N2O2S/c1-6-9(12(20)21-2)11(22-19-6)18-8-5-3-4-7(10(8)14)13(15,16)17/h3-5,18H,1-2H3. The molecule has 0 aliphatic heterocycles. The number of benzene rings is 1. The number of anilines is 2. The molecule has 0 fully saturated rings. The van der Waals surface area contributed by atoms with Gasteiger partial charge in [-0.15, -0.1) is 0 Å². The number of carbonyl (C=O) groups is 1. The smallest absolute Gasteiger partial charge is 0.417 e. The molecule has 4 nitrogen and oxygen atoms in total. The number of ether oxygens (including phenoxy) is 1. The van der Waals surface area contributed by atoms with Gasteiger partial charge in [0.15, 0.2) is 0 Å². The van der Waals surface area contributed by atoms with Crippen LogP contribution in [-0.2, 0) is 10.9 Å². The Labute approximate surface area is 133 Å². The number of hydrogen-bond acceptors (Lipinski definition) is 5. The SMILES string of the molecule is COC(=O)c1c(C)nsc1Nc1cccc(C(F)(F)F)c1Cl. The molecule has 0 unspecified atom stereocenters. The predicted octanol–water partition coefficient (Wildman–Crippen LogP) is 4.65. The first-order valence-corrected chi connectivity index (χ1v) is 7.08. The Bertz CT molecular complexity index is 716. The fourth-order valence-electron chi connectivity index (χ4n) is 1.77. The quantitative estimate of drug-likeness (QED) is 0.818. The van der Waals surface area contributed by atoms with E-state index in [0.29, 0.717) is 5.69 Å². The van der Waals surface area contributed by atoms with Gasteiger partial charge in [0, 0.05) is 0 Å². The van der Waals surface area contributed by atoms with Crippen molar-refractivity contribution >= 4 is 39.8 Å². The minimum Gasteiger partial charge on any atom is -0.465 e. The maximum atomic E-state index is 12.8. The molecule has 0 atom stereocenters. The highest BCUT2D eigenvalue weighted by atomic mass is 35.5. The van der Waals surface area contributed by atoms with Crippen LogP contribution in [0.4, 0.5) is 23.9 Å². The van der Waals surface area contributed by atoms with Gasteiger partial charge in [-0.05, 0) is 30.6 Å². The second kappa shape index (κ2) is 6.13. The van der Waals surface area contributed by atoms with E-state index in [4.69, 9.17) is 11.6 Å². The molecule has 0 radical (unpaired) electrons. The average molecular weight is 351 g/mol. The number of alkyl halides is 3. The van der Waals surface area contributed by atoms with Crippen molar-refractivity contribution < 1.29 is 22.7 Å². The van der Waals surface area contributed by atoms with E-state index in [1.54, 1.807) is 6.92 Å². The van der Waals surface area contributed by atoms with Crippen LogP contribution in [0.2, 0.25) is 5.02 Å². The Hall–Kier alpha value is -1.80. The Balaban J connectivity index is 2.43. The van der Waals surface area contributed by atoms with Crippen LogP contribution in [0.25, 0.3) is 0 Å². The molecule has 0 amide bonds. The number of hydrogen-bond donors (Lipinski definition) is 1. The number of rotatable bonds is 3. The molecule has 0 spiro atoms. The maximum absolute atomic E-state index is 12.8. The van der Waals surface area contributed by atoms with E-state index in [1.165, 1.54) is 19.2 Å². The first-order valence-electron chi connectivity index (χ1n) is 5.93. The Morgan fingerprint density at radius 2 is 2.09 bits per heavy atom. The number of halogens is 4. The first kappa shape index (κ1) is 16.6. The van der Waals surface area contributed by atoms with Gasteiger partial charge in [-0.2, -0.15) is 17.5 Å². The third-order valence-electron chi connectivity index (χ3n) is 2.80. The lowest BCUT2D eigenvalue weighted by Crippen LogP contribution is -2.08. The summed E-state index contributed by atoms with van der Waals surface area (Å²) in [6.45, 7) is 1.60. The van der Waals surface area contributed by atoms with Gasteiger partial charge in [0.05, 0.1) is 29.1 Å². The van der Waals surface area contributed by atoms with E-state index < -0.39 is 22.7 Å². The number of aryl methyl sites for hydroxylation is 1.